The van der Waals surface area contributed by atoms with E-state index in [1.165, 1.54) is 0 Å². The molecule has 0 radical (unpaired) electrons. The smallest absolute Gasteiger partial charge is 0.196 e. The summed E-state index contributed by atoms with van der Waals surface area (Å²) in [6.07, 6.45) is 3.68. The third-order valence-corrected chi connectivity index (χ3v) is 13.3. The van der Waals surface area contributed by atoms with E-state index in [1.807, 2.05) is 38.1 Å². The molecule has 1 aromatic carbocycles. The lowest BCUT2D eigenvalue weighted by atomic mass is 9.77. The number of aromatic nitrogens is 1. The van der Waals surface area contributed by atoms with Gasteiger partial charge in [-0.2, -0.15) is 0 Å². The van der Waals surface area contributed by atoms with Gasteiger partial charge in [0.1, 0.15) is 29.6 Å². The number of hydrogen-bond acceptors (Lipinski definition) is 8. The van der Waals surface area contributed by atoms with Crippen molar-refractivity contribution in [1.29, 1.82) is 0 Å². The van der Waals surface area contributed by atoms with Gasteiger partial charge in [0, 0.05) is 32.0 Å². The van der Waals surface area contributed by atoms with Crippen LogP contribution in [0.3, 0.4) is 0 Å². The van der Waals surface area contributed by atoms with E-state index in [0.29, 0.717) is 37.6 Å². The number of ketones is 1. The molecule has 0 unspecified atom stereocenters. The van der Waals surface area contributed by atoms with E-state index >= 15 is 0 Å². The number of oxazole rings is 1. The minimum Gasteiger partial charge on any atom is -0.497 e. The SMILES string of the molecule is C=CC[C@H](OC)c1coc(C[C@H](O[Si](C)(C)C(C)(C)C)C(C)(C)C(=O)C[C@H](OC)[C@@H](C)COCc2ccc(OC)cc2)n1. The van der Waals surface area contributed by atoms with Crippen molar-refractivity contribution in [3.63, 3.8) is 0 Å². The van der Waals surface area contributed by atoms with E-state index in [2.05, 4.69) is 47.4 Å². The lowest BCUT2D eigenvalue weighted by molar-refractivity contribution is -0.136. The average Bonchev–Trinajstić information content (AvgIpc) is 3.41. The fraction of sp³-hybridized carbons (Fsp3) is 0.647. The first-order chi connectivity index (χ1) is 20.1. The molecule has 9 heteroatoms. The third kappa shape index (κ3) is 10.4. The van der Waals surface area contributed by atoms with Crippen LogP contribution in [0.1, 0.15) is 77.6 Å². The fourth-order valence-electron chi connectivity index (χ4n) is 4.52. The number of nitrogens with zero attached hydrogens (tertiary/aromatic N) is 1. The predicted octanol–water partition coefficient (Wildman–Crippen LogP) is 7.73. The van der Waals surface area contributed by atoms with Gasteiger partial charge in [0.2, 0.25) is 0 Å². The molecule has 242 valence electrons. The zero-order valence-electron chi connectivity index (χ0n) is 28.3. The molecule has 0 saturated carbocycles. The van der Waals surface area contributed by atoms with E-state index < -0.39 is 19.8 Å². The predicted molar refractivity (Wildman–Crippen MR) is 173 cm³/mol. The summed E-state index contributed by atoms with van der Waals surface area (Å²) in [5, 5.41) is -0.0396. The first kappa shape index (κ1) is 36.9. The summed E-state index contributed by atoms with van der Waals surface area (Å²) in [5.41, 5.74) is 0.933. The molecule has 1 aromatic heterocycles. The summed E-state index contributed by atoms with van der Waals surface area (Å²) in [4.78, 5) is 18.7. The van der Waals surface area contributed by atoms with Gasteiger partial charge in [0.25, 0.3) is 0 Å². The summed E-state index contributed by atoms with van der Waals surface area (Å²) in [7, 11) is 2.69. The Balaban J connectivity index is 2.19. The molecule has 0 fully saturated rings. The van der Waals surface area contributed by atoms with Gasteiger partial charge in [-0.3, -0.25) is 4.79 Å². The van der Waals surface area contributed by atoms with Crippen molar-refractivity contribution in [3.8, 4) is 5.75 Å². The summed E-state index contributed by atoms with van der Waals surface area (Å²) in [5.74, 6) is 1.41. The highest BCUT2D eigenvalue weighted by molar-refractivity contribution is 6.74. The minimum atomic E-state index is -2.26. The van der Waals surface area contributed by atoms with Gasteiger partial charge in [0.15, 0.2) is 14.2 Å². The molecular formula is C34H55NO7Si. The standard InChI is InChI=1S/C34H55NO7Si/c1-13-14-28(38-9)27-23-41-32(35-27)20-31(42-43(11,12)33(3,4)5)34(6,7)30(36)19-29(39-10)24(2)21-40-22-25-15-17-26(37-8)18-16-25/h13,15-18,23-24,28-29,31H,1,14,19-22H2,2-12H3/t24-,28-,29-,31-/m0/s1. The maximum absolute atomic E-state index is 14.0. The molecule has 8 nitrogen and oxygen atoms in total. The molecular weight excluding hydrogens is 562 g/mol. The quantitative estimate of drug-likeness (QED) is 0.117. The van der Waals surface area contributed by atoms with Crippen molar-refractivity contribution in [2.24, 2.45) is 11.3 Å². The molecule has 0 saturated heterocycles. The third-order valence-electron chi connectivity index (χ3n) is 8.82. The highest BCUT2D eigenvalue weighted by atomic mass is 28.4. The molecule has 2 aromatic rings. The van der Waals surface area contributed by atoms with Gasteiger partial charge in [0.05, 0.1) is 39.0 Å². The van der Waals surface area contributed by atoms with E-state index in [0.717, 1.165) is 11.3 Å². The Hall–Kier alpha value is -2.30. The summed E-state index contributed by atoms with van der Waals surface area (Å²) in [6, 6.07) is 7.80. The Morgan fingerprint density at radius 3 is 2.26 bits per heavy atom. The molecule has 4 atom stereocenters. The van der Waals surface area contributed by atoms with E-state index in [-0.39, 0.29) is 35.4 Å². The molecule has 0 amide bonds. The van der Waals surface area contributed by atoms with Crippen LogP contribution in [0.4, 0.5) is 0 Å². The molecule has 0 N–H and O–H groups in total. The first-order valence-electron chi connectivity index (χ1n) is 15.1. The number of Topliss-reactive ketones (excluding diaryl/α,β-unsaturated/α-hetero) is 1. The fourth-order valence-corrected chi connectivity index (χ4v) is 5.97. The zero-order valence-corrected chi connectivity index (χ0v) is 29.3. The Morgan fingerprint density at radius 2 is 1.72 bits per heavy atom. The second-order valence-corrected chi connectivity index (χ2v) is 18.2. The van der Waals surface area contributed by atoms with Crippen molar-refractivity contribution in [3.05, 3.63) is 60.3 Å². The molecule has 0 aliphatic heterocycles. The Morgan fingerprint density at radius 1 is 1.07 bits per heavy atom. The maximum Gasteiger partial charge on any atom is 0.196 e. The number of benzene rings is 1. The summed E-state index contributed by atoms with van der Waals surface area (Å²) in [6.45, 7) is 21.7. The summed E-state index contributed by atoms with van der Waals surface area (Å²) < 4.78 is 35.4. The van der Waals surface area contributed by atoms with Crippen molar-refractivity contribution in [2.45, 2.75) is 104 Å². The van der Waals surface area contributed by atoms with Crippen LogP contribution in [0.5, 0.6) is 5.75 Å². The Kier molecular flexibility index (Phi) is 13.8. The van der Waals surface area contributed by atoms with Gasteiger partial charge < -0.3 is 27.8 Å². The molecule has 2 rings (SSSR count). The Labute approximate surface area is 260 Å². The molecule has 0 spiro atoms. The number of carbonyl (C=O) groups is 1. The van der Waals surface area contributed by atoms with Crippen LogP contribution in [0.15, 0.2) is 47.6 Å². The number of ether oxygens (including phenoxy) is 4. The highest BCUT2D eigenvalue weighted by Crippen LogP contribution is 2.41. The van der Waals surface area contributed by atoms with E-state index in [1.54, 1.807) is 33.7 Å². The molecule has 1 heterocycles. The Bertz CT molecular complexity index is 1140. The van der Waals surface area contributed by atoms with Crippen LogP contribution in [0.2, 0.25) is 18.1 Å². The van der Waals surface area contributed by atoms with Crippen LogP contribution in [-0.4, -0.2) is 59.2 Å². The van der Waals surface area contributed by atoms with Gasteiger partial charge in [-0.15, -0.1) is 6.58 Å². The number of rotatable bonds is 19. The van der Waals surface area contributed by atoms with E-state index in [4.69, 9.17) is 32.8 Å². The zero-order chi connectivity index (χ0) is 32.4. The monoisotopic (exact) mass is 617 g/mol. The van der Waals surface area contributed by atoms with Gasteiger partial charge in [-0.25, -0.2) is 4.98 Å². The van der Waals surface area contributed by atoms with Gasteiger partial charge >= 0.3 is 0 Å². The lowest BCUT2D eigenvalue weighted by Gasteiger charge is -2.43. The van der Waals surface area contributed by atoms with Crippen molar-refractivity contribution in [1.82, 2.24) is 4.98 Å². The van der Waals surface area contributed by atoms with Crippen LogP contribution in [0.25, 0.3) is 0 Å². The number of carbonyl (C=O) groups excluding carboxylic acids is 1. The van der Waals surface area contributed by atoms with Crippen LogP contribution >= 0.6 is 0 Å². The lowest BCUT2D eigenvalue weighted by Crippen LogP contribution is -2.51. The summed E-state index contributed by atoms with van der Waals surface area (Å²) >= 11 is 0. The molecule has 43 heavy (non-hydrogen) atoms. The van der Waals surface area contributed by atoms with Crippen LogP contribution in [0, 0.1) is 11.3 Å². The van der Waals surface area contributed by atoms with Gasteiger partial charge in [-0.05, 0) is 42.2 Å². The molecule has 0 bridgehead atoms. The largest absolute Gasteiger partial charge is 0.497 e. The number of methoxy groups -OCH3 is 3. The first-order valence-corrected chi connectivity index (χ1v) is 18.0. The maximum atomic E-state index is 14.0. The second-order valence-electron chi connectivity index (χ2n) is 13.4. The second kappa shape index (κ2) is 16.1. The molecule has 0 aliphatic carbocycles. The van der Waals surface area contributed by atoms with Crippen LogP contribution in [-0.2, 0) is 36.5 Å². The topological polar surface area (TPSA) is 89.3 Å². The highest BCUT2D eigenvalue weighted by Gasteiger charge is 2.46. The average molecular weight is 618 g/mol. The van der Waals surface area contributed by atoms with Crippen molar-refractivity contribution < 1.29 is 32.6 Å². The minimum absolute atomic E-state index is 0.00731. The molecule has 0 aliphatic rings. The van der Waals surface area contributed by atoms with E-state index in [9.17, 15) is 4.79 Å². The van der Waals surface area contributed by atoms with Gasteiger partial charge in [-0.1, -0.05) is 59.8 Å². The van der Waals surface area contributed by atoms with Crippen LogP contribution < -0.4 is 4.74 Å². The number of hydrogen-bond donors (Lipinski definition) is 0. The van der Waals surface area contributed by atoms with Crippen molar-refractivity contribution in [2.75, 3.05) is 27.9 Å². The van der Waals surface area contributed by atoms with Crippen molar-refractivity contribution >= 4 is 14.1 Å². The normalized spacial score (nSPS) is 15.5.